The van der Waals surface area contributed by atoms with Gasteiger partial charge in [-0.25, -0.2) is 4.79 Å². The molecule has 2 aromatic carbocycles. The second kappa shape index (κ2) is 18.4. The van der Waals surface area contributed by atoms with E-state index in [4.69, 9.17) is 14.2 Å². The summed E-state index contributed by atoms with van der Waals surface area (Å²) in [5.41, 5.74) is 0.477. The van der Waals surface area contributed by atoms with Crippen molar-refractivity contribution in [2.75, 3.05) is 6.61 Å². The fourth-order valence-electron chi connectivity index (χ4n) is 5.68. The van der Waals surface area contributed by atoms with E-state index in [-0.39, 0.29) is 6.10 Å². The Kier molecular flexibility index (Phi) is 15.0. The van der Waals surface area contributed by atoms with Gasteiger partial charge in [0.05, 0.1) is 22.7 Å². The zero-order valence-electron chi connectivity index (χ0n) is 25.1. The summed E-state index contributed by atoms with van der Waals surface area (Å²) in [6.45, 7) is 7.33. The van der Waals surface area contributed by atoms with Crippen molar-refractivity contribution in [3.8, 4) is 17.2 Å². The standard InChI is InChI=1S/C35H51BrO4/c1-4-6-8-10-12-27(3)39-34-24-19-30(26-33(34)36)35(37)40-32-22-20-31(21-23-32)38-25-11-14-29-17-15-28(16-18-29)13-9-7-5-2/h19-24,26-29H,4-18,25H2,1-3H3/t27-,28-,29-/m0/s1. The molecule has 2 aromatic rings. The number of benzene rings is 2. The van der Waals surface area contributed by atoms with E-state index < -0.39 is 5.97 Å². The Morgan fingerprint density at radius 3 is 2.10 bits per heavy atom. The first-order valence-electron chi connectivity index (χ1n) is 15.9. The highest BCUT2D eigenvalue weighted by atomic mass is 79.9. The monoisotopic (exact) mass is 614 g/mol. The molecule has 1 atom stereocenters. The number of carbonyl (C=O) groups excluding carboxylic acids is 1. The smallest absolute Gasteiger partial charge is 0.343 e. The van der Waals surface area contributed by atoms with Crippen LogP contribution in [0.25, 0.3) is 0 Å². The summed E-state index contributed by atoms with van der Waals surface area (Å²) in [6.07, 6.45) is 19.6. The minimum atomic E-state index is -0.395. The first-order chi connectivity index (χ1) is 19.5. The van der Waals surface area contributed by atoms with Gasteiger partial charge in [0.2, 0.25) is 0 Å². The van der Waals surface area contributed by atoms with E-state index in [9.17, 15) is 4.79 Å². The molecule has 0 heterocycles. The van der Waals surface area contributed by atoms with Gasteiger partial charge in [0.1, 0.15) is 17.2 Å². The molecule has 5 heteroatoms. The third-order valence-electron chi connectivity index (χ3n) is 8.20. The highest BCUT2D eigenvalue weighted by molar-refractivity contribution is 9.10. The first kappa shape index (κ1) is 32.5. The van der Waals surface area contributed by atoms with Gasteiger partial charge in [-0.15, -0.1) is 0 Å². The lowest BCUT2D eigenvalue weighted by Gasteiger charge is -2.28. The SMILES string of the molecule is CCCCCC[C@H](C)Oc1ccc(C(=O)Oc2ccc(OCCC[C@H]3CC[C@H](CCCCC)CC3)cc2)cc1Br. The normalized spacial score (nSPS) is 17.8. The number of rotatable bonds is 18. The van der Waals surface area contributed by atoms with E-state index in [1.807, 2.05) is 18.2 Å². The fraction of sp³-hybridized carbons (Fsp3) is 0.629. The highest BCUT2D eigenvalue weighted by Crippen LogP contribution is 2.34. The maximum atomic E-state index is 12.7. The van der Waals surface area contributed by atoms with Crippen LogP contribution in [0.5, 0.6) is 17.2 Å². The van der Waals surface area contributed by atoms with E-state index in [2.05, 4.69) is 36.7 Å². The van der Waals surface area contributed by atoms with Gasteiger partial charge in [-0.1, -0.05) is 84.5 Å². The van der Waals surface area contributed by atoms with Crippen LogP contribution in [0.4, 0.5) is 0 Å². The molecule has 0 radical (unpaired) electrons. The third-order valence-corrected chi connectivity index (χ3v) is 8.82. The van der Waals surface area contributed by atoms with Crippen LogP contribution >= 0.6 is 15.9 Å². The molecule has 40 heavy (non-hydrogen) atoms. The minimum absolute atomic E-state index is 0.131. The molecular weight excluding hydrogens is 564 g/mol. The van der Waals surface area contributed by atoms with E-state index in [0.29, 0.717) is 11.3 Å². The van der Waals surface area contributed by atoms with Crippen LogP contribution in [0.3, 0.4) is 0 Å². The van der Waals surface area contributed by atoms with Gasteiger partial charge in [-0.05, 0) is 103 Å². The topological polar surface area (TPSA) is 44.8 Å². The van der Waals surface area contributed by atoms with Crippen molar-refractivity contribution < 1.29 is 19.0 Å². The van der Waals surface area contributed by atoms with Crippen molar-refractivity contribution in [3.05, 3.63) is 52.5 Å². The second-order valence-corrected chi connectivity index (χ2v) is 12.5. The van der Waals surface area contributed by atoms with E-state index in [1.165, 1.54) is 83.5 Å². The van der Waals surface area contributed by atoms with Crippen LogP contribution in [-0.2, 0) is 0 Å². The number of carbonyl (C=O) groups is 1. The van der Waals surface area contributed by atoms with E-state index in [1.54, 1.807) is 24.3 Å². The molecule has 0 saturated heterocycles. The summed E-state index contributed by atoms with van der Waals surface area (Å²) in [5.74, 6) is 3.51. The van der Waals surface area contributed by atoms with Gasteiger partial charge in [-0.3, -0.25) is 0 Å². The third kappa shape index (κ3) is 11.8. The lowest BCUT2D eigenvalue weighted by molar-refractivity contribution is 0.0734. The average molecular weight is 616 g/mol. The lowest BCUT2D eigenvalue weighted by Crippen LogP contribution is -2.15. The van der Waals surface area contributed by atoms with Crippen molar-refractivity contribution >= 4 is 21.9 Å². The van der Waals surface area contributed by atoms with Crippen LogP contribution in [0.1, 0.15) is 127 Å². The maximum Gasteiger partial charge on any atom is 0.343 e. The predicted octanol–water partition coefficient (Wildman–Crippen LogP) is 11.0. The molecule has 0 aliphatic heterocycles. The Hall–Kier alpha value is -2.01. The molecule has 4 nitrogen and oxygen atoms in total. The molecular formula is C35H51BrO4. The number of hydrogen-bond acceptors (Lipinski definition) is 4. The summed E-state index contributed by atoms with van der Waals surface area (Å²) in [6, 6.07) is 12.7. The average Bonchev–Trinajstić information content (AvgIpc) is 2.96. The molecule has 0 aromatic heterocycles. The number of hydrogen-bond donors (Lipinski definition) is 0. The van der Waals surface area contributed by atoms with Gasteiger partial charge < -0.3 is 14.2 Å². The van der Waals surface area contributed by atoms with Gasteiger partial charge in [0, 0.05) is 0 Å². The Bertz CT molecular complexity index is 981. The lowest BCUT2D eigenvalue weighted by atomic mass is 9.78. The van der Waals surface area contributed by atoms with Crippen LogP contribution in [0.2, 0.25) is 0 Å². The summed E-state index contributed by atoms with van der Waals surface area (Å²) in [5, 5.41) is 0. The Morgan fingerprint density at radius 1 is 0.825 bits per heavy atom. The van der Waals surface area contributed by atoms with Crippen molar-refractivity contribution in [1.82, 2.24) is 0 Å². The number of halogens is 1. The van der Waals surface area contributed by atoms with Gasteiger partial charge in [-0.2, -0.15) is 0 Å². The number of ether oxygens (including phenoxy) is 3. The van der Waals surface area contributed by atoms with E-state index in [0.717, 1.165) is 47.3 Å². The molecule has 0 N–H and O–H groups in total. The van der Waals surface area contributed by atoms with Crippen molar-refractivity contribution in [2.45, 2.75) is 123 Å². The summed E-state index contributed by atoms with van der Waals surface area (Å²) < 4.78 is 18.4. The maximum absolute atomic E-state index is 12.7. The number of esters is 1. The van der Waals surface area contributed by atoms with Crippen molar-refractivity contribution in [1.29, 1.82) is 0 Å². The molecule has 0 bridgehead atoms. The summed E-state index contributed by atoms with van der Waals surface area (Å²) in [4.78, 5) is 12.7. The van der Waals surface area contributed by atoms with Crippen LogP contribution in [0.15, 0.2) is 46.9 Å². The van der Waals surface area contributed by atoms with Crippen LogP contribution in [-0.4, -0.2) is 18.7 Å². The van der Waals surface area contributed by atoms with Gasteiger partial charge in [0.15, 0.2) is 0 Å². The Labute approximate surface area is 251 Å². The molecule has 1 saturated carbocycles. The molecule has 3 rings (SSSR count). The molecule has 1 aliphatic carbocycles. The molecule has 1 fully saturated rings. The largest absolute Gasteiger partial charge is 0.494 e. The molecule has 1 aliphatic rings. The molecule has 0 unspecified atom stereocenters. The van der Waals surface area contributed by atoms with Gasteiger partial charge >= 0.3 is 5.97 Å². The highest BCUT2D eigenvalue weighted by Gasteiger charge is 2.20. The minimum Gasteiger partial charge on any atom is -0.494 e. The summed E-state index contributed by atoms with van der Waals surface area (Å²) in [7, 11) is 0. The van der Waals surface area contributed by atoms with Crippen molar-refractivity contribution in [2.24, 2.45) is 11.8 Å². The second-order valence-electron chi connectivity index (χ2n) is 11.7. The fourth-order valence-corrected chi connectivity index (χ4v) is 6.15. The zero-order valence-corrected chi connectivity index (χ0v) is 26.7. The van der Waals surface area contributed by atoms with Crippen LogP contribution < -0.4 is 14.2 Å². The predicted molar refractivity (Wildman–Crippen MR) is 169 cm³/mol. The van der Waals surface area contributed by atoms with Crippen molar-refractivity contribution in [3.63, 3.8) is 0 Å². The van der Waals surface area contributed by atoms with Crippen LogP contribution in [0, 0.1) is 11.8 Å². The van der Waals surface area contributed by atoms with E-state index >= 15 is 0 Å². The molecule has 0 amide bonds. The first-order valence-corrected chi connectivity index (χ1v) is 16.7. The quantitative estimate of drug-likeness (QED) is 0.0951. The molecule has 222 valence electrons. The summed E-state index contributed by atoms with van der Waals surface area (Å²) >= 11 is 3.55. The van der Waals surface area contributed by atoms with Gasteiger partial charge in [0.25, 0.3) is 0 Å². The number of unbranched alkanes of at least 4 members (excludes halogenated alkanes) is 5. The molecule has 0 spiro atoms. The zero-order chi connectivity index (χ0) is 28.6. The Morgan fingerprint density at radius 2 is 1.45 bits per heavy atom. The Balaban J connectivity index is 1.34.